The molecule has 7 heteroatoms. The minimum atomic E-state index is -3.75. The van der Waals surface area contributed by atoms with E-state index >= 15 is 0 Å². The summed E-state index contributed by atoms with van der Waals surface area (Å²) < 4.78 is 34.6. The molecular weight excluding hydrogens is 465 g/mol. The molecule has 0 amide bonds. The van der Waals surface area contributed by atoms with Gasteiger partial charge in [-0.25, -0.2) is 8.42 Å². The Kier molecular flexibility index (Phi) is 7.66. The van der Waals surface area contributed by atoms with E-state index in [0.29, 0.717) is 3.58 Å². The van der Waals surface area contributed by atoms with Gasteiger partial charge in [0, 0.05) is 10.5 Å². The number of ether oxygens (including phenoxy) is 1. The first-order chi connectivity index (χ1) is 12.2. The molecule has 1 aromatic rings. The van der Waals surface area contributed by atoms with Crippen molar-refractivity contribution in [1.29, 1.82) is 0 Å². The maximum absolute atomic E-state index is 12.8. The molecule has 2 rings (SSSR count). The number of esters is 1. The number of hydrogen-bond donors (Lipinski definition) is 1. The maximum atomic E-state index is 12.8. The van der Waals surface area contributed by atoms with E-state index in [1.807, 2.05) is 29.5 Å². The molecule has 26 heavy (non-hydrogen) atoms. The second-order valence-electron chi connectivity index (χ2n) is 6.83. The molecule has 0 aliphatic heterocycles. The molecule has 0 saturated heterocycles. The van der Waals surface area contributed by atoms with Gasteiger partial charge in [-0.15, -0.1) is 0 Å². The van der Waals surface area contributed by atoms with Crippen LogP contribution in [0, 0.1) is 12.8 Å². The molecule has 0 radical (unpaired) electrons. The number of nitrogens with one attached hydrogen (secondary N) is 1. The number of sulfonamides is 1. The van der Waals surface area contributed by atoms with E-state index in [1.165, 1.54) is 6.92 Å². The predicted octanol–water partition coefficient (Wildman–Crippen LogP) is 4.10. The van der Waals surface area contributed by atoms with Crippen LogP contribution in [0.5, 0.6) is 0 Å². The fourth-order valence-corrected chi connectivity index (χ4v) is 5.32. The van der Waals surface area contributed by atoms with Gasteiger partial charge >= 0.3 is 5.97 Å². The average molecular weight is 491 g/mol. The van der Waals surface area contributed by atoms with Gasteiger partial charge in [0.05, 0.1) is 10.9 Å². The van der Waals surface area contributed by atoms with Gasteiger partial charge in [-0.05, 0) is 60.4 Å². The number of benzene rings is 1. The number of hydrogen-bond acceptors (Lipinski definition) is 4. The molecule has 0 unspecified atom stereocenters. The number of carbonyl (C=O) groups is 1. The van der Waals surface area contributed by atoms with Gasteiger partial charge in [0.1, 0.15) is 6.10 Å². The summed E-state index contributed by atoms with van der Waals surface area (Å²) in [5.74, 6) is -0.275. The molecule has 0 bridgehead atoms. The highest BCUT2D eigenvalue weighted by molar-refractivity contribution is 14.1. The smallest absolute Gasteiger partial charge is 0.302 e. The van der Waals surface area contributed by atoms with E-state index in [2.05, 4.69) is 11.3 Å². The van der Waals surface area contributed by atoms with Crippen LogP contribution in [-0.4, -0.2) is 26.5 Å². The van der Waals surface area contributed by atoms with Crippen molar-refractivity contribution in [1.82, 2.24) is 4.72 Å². The average Bonchev–Trinajstić information content (AvgIpc) is 2.58. The van der Waals surface area contributed by atoms with Crippen LogP contribution in [0.15, 0.2) is 39.3 Å². The largest absolute Gasteiger partial charge is 0.460 e. The Morgan fingerprint density at radius 1 is 1.23 bits per heavy atom. The van der Waals surface area contributed by atoms with E-state index in [1.54, 1.807) is 24.3 Å². The van der Waals surface area contributed by atoms with Gasteiger partial charge in [-0.2, -0.15) is 4.72 Å². The molecule has 2 atom stereocenters. The summed E-state index contributed by atoms with van der Waals surface area (Å²) in [5, 5.41) is 0. The van der Waals surface area contributed by atoms with Gasteiger partial charge in [-0.1, -0.05) is 43.5 Å². The Bertz CT molecular complexity index is 739. The minimum absolute atomic E-state index is 0.130. The van der Waals surface area contributed by atoms with Crippen LogP contribution in [-0.2, 0) is 19.6 Å². The molecule has 0 spiro atoms. The first-order valence-corrected chi connectivity index (χ1v) is 11.4. The third-order valence-corrected chi connectivity index (χ3v) is 6.82. The van der Waals surface area contributed by atoms with Crippen LogP contribution in [0.4, 0.5) is 0 Å². The SMILES string of the molecule is C=C(I)[C@H](NS(=O)(=O)c1ccc(C)cc1)[C@@H](OC(C)=O)C1CCCCC1. The molecule has 1 aliphatic rings. The van der Waals surface area contributed by atoms with E-state index in [0.717, 1.165) is 37.7 Å². The second kappa shape index (κ2) is 9.32. The Hall–Kier alpha value is -0.930. The first kappa shape index (κ1) is 21.4. The third kappa shape index (κ3) is 5.79. The minimum Gasteiger partial charge on any atom is -0.460 e. The fourth-order valence-electron chi connectivity index (χ4n) is 3.35. The molecule has 1 aliphatic carbocycles. The third-order valence-electron chi connectivity index (χ3n) is 4.70. The van der Waals surface area contributed by atoms with E-state index in [-0.39, 0.29) is 10.8 Å². The van der Waals surface area contributed by atoms with E-state index in [4.69, 9.17) is 4.74 Å². The summed E-state index contributed by atoms with van der Waals surface area (Å²) in [6, 6.07) is 6.01. The fraction of sp³-hybridized carbons (Fsp3) is 0.526. The lowest BCUT2D eigenvalue weighted by Gasteiger charge is -2.35. The summed E-state index contributed by atoms with van der Waals surface area (Å²) in [4.78, 5) is 11.9. The van der Waals surface area contributed by atoms with Crippen LogP contribution in [0.3, 0.4) is 0 Å². The molecule has 0 aromatic heterocycles. The van der Waals surface area contributed by atoms with Gasteiger partial charge in [-0.3, -0.25) is 4.79 Å². The molecular formula is C19H26INO4S. The van der Waals surface area contributed by atoms with Gasteiger partial charge < -0.3 is 4.74 Å². The summed E-state index contributed by atoms with van der Waals surface area (Å²) in [6.07, 6.45) is 4.59. The lowest BCUT2D eigenvalue weighted by Crippen LogP contribution is -2.49. The lowest BCUT2D eigenvalue weighted by molar-refractivity contribution is -0.150. The van der Waals surface area contributed by atoms with Crippen LogP contribution in [0.1, 0.15) is 44.6 Å². The monoisotopic (exact) mass is 491 g/mol. The van der Waals surface area contributed by atoms with Crippen molar-refractivity contribution >= 4 is 38.6 Å². The lowest BCUT2D eigenvalue weighted by atomic mass is 9.82. The van der Waals surface area contributed by atoms with E-state index in [9.17, 15) is 13.2 Å². The zero-order valence-corrected chi connectivity index (χ0v) is 18.2. The van der Waals surface area contributed by atoms with Crippen molar-refractivity contribution in [2.24, 2.45) is 5.92 Å². The van der Waals surface area contributed by atoms with Crippen molar-refractivity contribution in [2.45, 2.75) is 63.0 Å². The van der Waals surface area contributed by atoms with Crippen LogP contribution in [0.25, 0.3) is 0 Å². The normalized spacial score (nSPS) is 18.1. The summed E-state index contributed by atoms with van der Waals surface area (Å²) >= 11 is 2.01. The molecule has 144 valence electrons. The second-order valence-corrected chi connectivity index (χ2v) is 9.93. The number of aryl methyl sites for hydroxylation is 1. The topological polar surface area (TPSA) is 72.5 Å². The van der Waals surface area contributed by atoms with Crippen molar-refractivity contribution in [3.63, 3.8) is 0 Å². The van der Waals surface area contributed by atoms with Crippen LogP contribution in [0.2, 0.25) is 0 Å². The summed E-state index contributed by atoms with van der Waals surface area (Å²) in [5.41, 5.74) is 0.985. The molecule has 1 fully saturated rings. The van der Waals surface area contributed by atoms with Crippen LogP contribution >= 0.6 is 22.6 Å². The van der Waals surface area contributed by atoms with Gasteiger partial charge in [0.25, 0.3) is 0 Å². The van der Waals surface area contributed by atoms with Crippen molar-refractivity contribution in [2.75, 3.05) is 0 Å². The molecule has 0 heterocycles. The van der Waals surface area contributed by atoms with Crippen LogP contribution < -0.4 is 4.72 Å². The van der Waals surface area contributed by atoms with Crippen molar-refractivity contribution < 1.29 is 17.9 Å². The highest BCUT2D eigenvalue weighted by Gasteiger charge is 2.36. The van der Waals surface area contributed by atoms with Crippen molar-refractivity contribution in [3.05, 3.63) is 40.0 Å². The highest BCUT2D eigenvalue weighted by atomic mass is 127. The quantitative estimate of drug-likeness (QED) is 0.461. The number of rotatable bonds is 7. The number of carbonyl (C=O) groups excluding carboxylic acids is 1. The molecule has 1 aromatic carbocycles. The molecule has 5 nitrogen and oxygen atoms in total. The Morgan fingerprint density at radius 2 is 1.81 bits per heavy atom. The Balaban J connectivity index is 2.30. The standard InChI is InChI=1S/C19H26INO4S/c1-13-9-11-17(12-10-13)26(23,24)21-18(14(2)20)19(25-15(3)22)16-7-5-4-6-8-16/h9-12,16,18-19,21H,2,4-8H2,1,3H3/t18-,19-/m0/s1. The number of halogens is 1. The first-order valence-electron chi connectivity index (χ1n) is 8.81. The molecule has 1 N–H and O–H groups in total. The van der Waals surface area contributed by atoms with Gasteiger partial charge in [0.2, 0.25) is 10.0 Å². The maximum Gasteiger partial charge on any atom is 0.302 e. The molecule has 1 saturated carbocycles. The Morgan fingerprint density at radius 3 is 2.31 bits per heavy atom. The highest BCUT2D eigenvalue weighted by Crippen LogP contribution is 2.33. The van der Waals surface area contributed by atoms with Crippen molar-refractivity contribution in [3.8, 4) is 0 Å². The predicted molar refractivity (Wildman–Crippen MR) is 111 cm³/mol. The van der Waals surface area contributed by atoms with E-state index < -0.39 is 28.1 Å². The zero-order chi connectivity index (χ0) is 19.3. The summed E-state index contributed by atoms with van der Waals surface area (Å²) in [6.45, 7) is 7.20. The zero-order valence-electron chi connectivity index (χ0n) is 15.2. The van der Waals surface area contributed by atoms with Gasteiger partial charge in [0.15, 0.2) is 0 Å². The Labute approximate surface area is 169 Å². The summed E-state index contributed by atoms with van der Waals surface area (Å²) in [7, 11) is -3.75.